The summed E-state index contributed by atoms with van der Waals surface area (Å²) in [7, 11) is -6.61. The minimum absolute atomic E-state index is 0.0158. The van der Waals surface area contributed by atoms with Gasteiger partial charge in [-0.15, -0.1) is 0 Å². The van der Waals surface area contributed by atoms with Gasteiger partial charge in [0.1, 0.15) is 9.84 Å². The summed E-state index contributed by atoms with van der Waals surface area (Å²) in [6, 6.07) is 15.5. The van der Waals surface area contributed by atoms with Gasteiger partial charge in [-0.1, -0.05) is 42.5 Å². The van der Waals surface area contributed by atoms with Gasteiger partial charge < -0.3 is 0 Å². The second-order valence-electron chi connectivity index (χ2n) is 6.73. The van der Waals surface area contributed by atoms with Gasteiger partial charge in [0, 0.05) is 12.0 Å². The molecule has 0 spiro atoms. The number of rotatable bonds is 6. The molecule has 0 saturated heterocycles. The van der Waals surface area contributed by atoms with E-state index in [0.29, 0.717) is 31.5 Å². The highest BCUT2D eigenvalue weighted by Gasteiger charge is 2.27. The molecule has 2 aromatic rings. The zero-order valence-electron chi connectivity index (χ0n) is 14.8. The molecule has 0 unspecified atom stereocenters. The summed E-state index contributed by atoms with van der Waals surface area (Å²) in [6.07, 6.45) is 2.55. The fraction of sp³-hybridized carbons (Fsp3) is 0.368. The number of hydrogen-bond acceptors (Lipinski definition) is 4. The maximum absolute atomic E-state index is 13.0. The van der Waals surface area contributed by atoms with Crippen LogP contribution < -0.4 is 4.31 Å². The number of anilines is 1. The molecule has 26 heavy (non-hydrogen) atoms. The molecule has 0 radical (unpaired) electrons. The maximum atomic E-state index is 13.0. The maximum Gasteiger partial charge on any atom is 0.235 e. The van der Waals surface area contributed by atoms with Gasteiger partial charge in [0.05, 0.1) is 18.0 Å². The quantitative estimate of drug-likeness (QED) is 0.708. The summed E-state index contributed by atoms with van der Waals surface area (Å²) in [5.41, 5.74) is 3.84. The van der Waals surface area contributed by atoms with Gasteiger partial charge in [0.15, 0.2) is 0 Å². The molecule has 0 aromatic heterocycles. The van der Waals surface area contributed by atoms with Crippen LogP contribution in [0.1, 0.15) is 29.5 Å². The number of unbranched alkanes of at least 4 members (excludes halogenated alkanes) is 1. The fourth-order valence-corrected chi connectivity index (χ4v) is 5.57. The number of sulfone groups is 1. The number of nitrogens with zero attached hydrogens (tertiary/aromatic N) is 1. The number of para-hydroxylation sites is 1. The summed E-state index contributed by atoms with van der Waals surface area (Å²) >= 11 is 0. The Hall–Kier alpha value is -1.86. The molecule has 0 bridgehead atoms. The second kappa shape index (κ2) is 7.40. The fourth-order valence-electron chi connectivity index (χ4n) is 3.24. The van der Waals surface area contributed by atoms with E-state index in [-0.39, 0.29) is 11.5 Å². The van der Waals surface area contributed by atoms with Crippen molar-refractivity contribution in [3.63, 3.8) is 0 Å². The normalized spacial score (nSPS) is 14.4. The summed E-state index contributed by atoms with van der Waals surface area (Å²) in [4.78, 5) is 0. The molecule has 0 fully saturated rings. The van der Waals surface area contributed by atoms with Crippen molar-refractivity contribution < 1.29 is 16.8 Å². The number of hydrogen-bond donors (Lipinski definition) is 0. The standard InChI is InChI=1S/C19H23NO4S2/c1-25(21,22)12-6-7-13-26(23,24)20-15-18-10-3-2-8-16(18)14-17-9-4-5-11-19(17)20/h2-5,8-11H,6-7,12-15H2,1H3. The van der Waals surface area contributed by atoms with Crippen LogP contribution in [0.25, 0.3) is 0 Å². The Bertz CT molecular complexity index is 998. The summed E-state index contributed by atoms with van der Waals surface area (Å²) in [6.45, 7) is 0.307. The molecule has 3 rings (SSSR count). The molecule has 0 N–H and O–H groups in total. The highest BCUT2D eigenvalue weighted by atomic mass is 32.2. The SMILES string of the molecule is CS(=O)(=O)CCCCS(=O)(=O)N1Cc2ccccc2Cc2ccccc21. The summed E-state index contributed by atoms with van der Waals surface area (Å²) in [5, 5.41) is 0. The molecule has 140 valence electrons. The van der Waals surface area contributed by atoms with Crippen molar-refractivity contribution >= 4 is 25.5 Å². The van der Waals surface area contributed by atoms with E-state index < -0.39 is 19.9 Å². The minimum Gasteiger partial charge on any atom is -0.266 e. The first-order valence-electron chi connectivity index (χ1n) is 8.59. The molecule has 5 nitrogen and oxygen atoms in total. The molecule has 0 aliphatic carbocycles. The van der Waals surface area contributed by atoms with Crippen molar-refractivity contribution in [3.8, 4) is 0 Å². The number of fused-ring (bicyclic) bond motifs is 2. The van der Waals surface area contributed by atoms with E-state index in [1.807, 2.05) is 48.5 Å². The van der Waals surface area contributed by atoms with E-state index in [4.69, 9.17) is 0 Å². The van der Waals surface area contributed by atoms with Gasteiger partial charge in [-0.05, 0) is 42.0 Å². The van der Waals surface area contributed by atoms with Gasteiger partial charge in [-0.25, -0.2) is 16.8 Å². The smallest absolute Gasteiger partial charge is 0.235 e. The molecule has 0 saturated carbocycles. The lowest BCUT2D eigenvalue weighted by Crippen LogP contribution is -2.32. The van der Waals surface area contributed by atoms with Crippen molar-refractivity contribution in [2.24, 2.45) is 0 Å². The van der Waals surface area contributed by atoms with E-state index in [2.05, 4.69) is 0 Å². The van der Waals surface area contributed by atoms with E-state index in [9.17, 15) is 16.8 Å². The second-order valence-corrected chi connectivity index (χ2v) is 11.0. The van der Waals surface area contributed by atoms with E-state index in [0.717, 1.165) is 16.7 Å². The van der Waals surface area contributed by atoms with Crippen LogP contribution in [0.3, 0.4) is 0 Å². The Morgan fingerprint density at radius 2 is 1.38 bits per heavy atom. The third-order valence-corrected chi connectivity index (χ3v) is 7.41. The monoisotopic (exact) mass is 393 g/mol. The third-order valence-electron chi connectivity index (χ3n) is 4.58. The van der Waals surface area contributed by atoms with Crippen LogP contribution in [0.2, 0.25) is 0 Å². The molecule has 1 aliphatic rings. The third kappa shape index (κ3) is 4.45. The average molecular weight is 394 g/mol. The van der Waals surface area contributed by atoms with Gasteiger partial charge in [-0.3, -0.25) is 4.31 Å². The van der Waals surface area contributed by atoms with Crippen molar-refractivity contribution in [3.05, 3.63) is 65.2 Å². The lowest BCUT2D eigenvalue weighted by Gasteiger charge is -2.25. The molecular weight excluding hydrogens is 370 g/mol. The highest BCUT2D eigenvalue weighted by molar-refractivity contribution is 7.92. The lowest BCUT2D eigenvalue weighted by molar-refractivity contribution is 0.583. The first-order chi connectivity index (χ1) is 12.3. The van der Waals surface area contributed by atoms with Crippen LogP contribution in [0.15, 0.2) is 48.5 Å². The van der Waals surface area contributed by atoms with Crippen LogP contribution in [0, 0.1) is 0 Å². The van der Waals surface area contributed by atoms with Crippen LogP contribution in [-0.4, -0.2) is 34.6 Å². The Morgan fingerprint density at radius 1 is 0.808 bits per heavy atom. The number of benzene rings is 2. The summed E-state index contributed by atoms with van der Waals surface area (Å²) in [5.74, 6) is -0.0407. The zero-order chi connectivity index (χ0) is 18.8. The van der Waals surface area contributed by atoms with Crippen molar-refractivity contribution in [2.75, 3.05) is 22.1 Å². The van der Waals surface area contributed by atoms with Crippen LogP contribution in [0.5, 0.6) is 0 Å². The zero-order valence-corrected chi connectivity index (χ0v) is 16.4. The molecule has 1 heterocycles. The predicted octanol–water partition coefficient (Wildman–Crippen LogP) is 2.75. The van der Waals surface area contributed by atoms with Crippen LogP contribution >= 0.6 is 0 Å². The molecule has 1 aliphatic heterocycles. The molecular formula is C19H23NO4S2. The van der Waals surface area contributed by atoms with E-state index in [1.54, 1.807) is 0 Å². The predicted molar refractivity (Wildman–Crippen MR) is 105 cm³/mol. The topological polar surface area (TPSA) is 71.5 Å². The Balaban J connectivity index is 1.87. The van der Waals surface area contributed by atoms with Crippen molar-refractivity contribution in [1.29, 1.82) is 0 Å². The van der Waals surface area contributed by atoms with Crippen LogP contribution in [-0.2, 0) is 32.8 Å². The van der Waals surface area contributed by atoms with Gasteiger partial charge in [0.2, 0.25) is 10.0 Å². The molecule has 0 atom stereocenters. The molecule has 2 aromatic carbocycles. The van der Waals surface area contributed by atoms with Gasteiger partial charge >= 0.3 is 0 Å². The van der Waals surface area contributed by atoms with Crippen molar-refractivity contribution in [2.45, 2.75) is 25.8 Å². The Labute approximate surface area is 155 Å². The lowest BCUT2D eigenvalue weighted by atomic mass is 10.0. The first-order valence-corrected chi connectivity index (χ1v) is 12.3. The number of sulfonamides is 1. The summed E-state index contributed by atoms with van der Waals surface area (Å²) < 4.78 is 50.0. The highest BCUT2D eigenvalue weighted by Crippen LogP contribution is 2.32. The van der Waals surface area contributed by atoms with E-state index in [1.165, 1.54) is 10.6 Å². The minimum atomic E-state index is -3.54. The Morgan fingerprint density at radius 3 is 2.08 bits per heavy atom. The van der Waals surface area contributed by atoms with Gasteiger partial charge in [-0.2, -0.15) is 0 Å². The van der Waals surface area contributed by atoms with Gasteiger partial charge in [0.25, 0.3) is 0 Å². The Kier molecular flexibility index (Phi) is 5.39. The molecule has 0 amide bonds. The molecule has 7 heteroatoms. The van der Waals surface area contributed by atoms with E-state index >= 15 is 0 Å². The largest absolute Gasteiger partial charge is 0.266 e. The van der Waals surface area contributed by atoms with Crippen LogP contribution in [0.4, 0.5) is 5.69 Å². The average Bonchev–Trinajstić information content (AvgIpc) is 2.75. The first kappa shape index (κ1) is 18.9. The van der Waals surface area contributed by atoms with Crippen molar-refractivity contribution in [1.82, 2.24) is 0 Å².